The SMILES string of the molecule is CCc1ccc(-c2nc(=S)n(CN3CCN(CC(=O)NC4CC4)CC3)[nH]2)cc1. The summed E-state index contributed by atoms with van der Waals surface area (Å²) in [6.07, 6.45) is 3.29. The van der Waals surface area contributed by atoms with Crippen molar-refractivity contribution in [3.8, 4) is 11.4 Å². The molecule has 4 rings (SSSR count). The van der Waals surface area contributed by atoms with Crippen LogP contribution in [0.2, 0.25) is 0 Å². The van der Waals surface area contributed by atoms with E-state index in [4.69, 9.17) is 12.2 Å². The number of benzene rings is 1. The normalized spacial score (nSPS) is 18.3. The van der Waals surface area contributed by atoms with E-state index in [0.717, 1.165) is 56.8 Å². The molecule has 28 heavy (non-hydrogen) atoms. The van der Waals surface area contributed by atoms with Crippen LogP contribution in [0.4, 0.5) is 0 Å². The van der Waals surface area contributed by atoms with Gasteiger partial charge in [0.05, 0.1) is 13.2 Å². The van der Waals surface area contributed by atoms with Crippen molar-refractivity contribution in [1.82, 2.24) is 29.9 Å². The average molecular weight is 401 g/mol. The Morgan fingerprint density at radius 1 is 1.18 bits per heavy atom. The molecule has 0 unspecified atom stereocenters. The van der Waals surface area contributed by atoms with E-state index in [1.165, 1.54) is 5.56 Å². The number of carbonyl (C=O) groups excluding carboxylic acids is 1. The molecule has 0 bridgehead atoms. The van der Waals surface area contributed by atoms with E-state index in [1.807, 2.05) is 4.68 Å². The molecule has 1 saturated carbocycles. The summed E-state index contributed by atoms with van der Waals surface area (Å²) in [4.78, 5) is 21.0. The highest BCUT2D eigenvalue weighted by molar-refractivity contribution is 7.71. The van der Waals surface area contributed by atoms with Gasteiger partial charge < -0.3 is 5.32 Å². The van der Waals surface area contributed by atoms with Gasteiger partial charge in [0, 0.05) is 37.8 Å². The fraction of sp³-hybridized carbons (Fsp3) is 0.550. The van der Waals surface area contributed by atoms with Gasteiger partial charge >= 0.3 is 0 Å². The lowest BCUT2D eigenvalue weighted by molar-refractivity contribution is -0.122. The molecule has 1 amide bonds. The third-order valence-electron chi connectivity index (χ3n) is 5.43. The van der Waals surface area contributed by atoms with Crippen LogP contribution in [0.1, 0.15) is 25.3 Å². The van der Waals surface area contributed by atoms with Crippen molar-refractivity contribution in [3.63, 3.8) is 0 Å². The minimum Gasteiger partial charge on any atom is -0.352 e. The molecule has 0 spiro atoms. The minimum absolute atomic E-state index is 0.158. The van der Waals surface area contributed by atoms with Crippen LogP contribution >= 0.6 is 12.2 Å². The van der Waals surface area contributed by atoms with Crippen LogP contribution in [0, 0.1) is 4.77 Å². The monoisotopic (exact) mass is 400 g/mol. The molecule has 1 saturated heterocycles. The molecule has 2 aromatic rings. The third kappa shape index (κ3) is 4.87. The summed E-state index contributed by atoms with van der Waals surface area (Å²) in [5.41, 5.74) is 2.36. The lowest BCUT2D eigenvalue weighted by Gasteiger charge is -2.34. The van der Waals surface area contributed by atoms with Gasteiger partial charge in [-0.25, -0.2) is 4.68 Å². The number of carbonyl (C=O) groups is 1. The molecular weight excluding hydrogens is 372 g/mol. The summed E-state index contributed by atoms with van der Waals surface area (Å²) in [6.45, 7) is 6.97. The molecule has 0 atom stereocenters. The molecule has 2 aliphatic rings. The number of hydrogen-bond acceptors (Lipinski definition) is 5. The number of hydrogen-bond donors (Lipinski definition) is 2. The van der Waals surface area contributed by atoms with Crippen LogP contribution in [-0.4, -0.2) is 69.2 Å². The second-order valence-corrected chi connectivity index (χ2v) is 8.08. The molecule has 1 aromatic heterocycles. The van der Waals surface area contributed by atoms with Gasteiger partial charge in [-0.3, -0.25) is 19.7 Å². The predicted octanol–water partition coefficient (Wildman–Crippen LogP) is 2.02. The Labute approximate surface area is 170 Å². The average Bonchev–Trinajstić information content (AvgIpc) is 3.44. The molecular formula is C20H28N6OS. The highest BCUT2D eigenvalue weighted by Gasteiger charge is 2.25. The Kier molecular flexibility index (Phi) is 5.89. The van der Waals surface area contributed by atoms with Crippen molar-refractivity contribution in [1.29, 1.82) is 0 Å². The van der Waals surface area contributed by atoms with Gasteiger partial charge in [-0.15, -0.1) is 0 Å². The number of aromatic nitrogens is 3. The highest BCUT2D eigenvalue weighted by Crippen LogP contribution is 2.18. The fourth-order valence-corrected chi connectivity index (χ4v) is 3.67. The van der Waals surface area contributed by atoms with Gasteiger partial charge in [-0.05, 0) is 37.0 Å². The molecule has 1 aliphatic heterocycles. The van der Waals surface area contributed by atoms with Crippen LogP contribution in [0.15, 0.2) is 24.3 Å². The van der Waals surface area contributed by atoms with E-state index in [-0.39, 0.29) is 5.91 Å². The Morgan fingerprint density at radius 3 is 2.50 bits per heavy atom. The number of piperazine rings is 1. The largest absolute Gasteiger partial charge is 0.352 e. The number of amides is 1. The maximum atomic E-state index is 12.0. The van der Waals surface area contributed by atoms with Crippen molar-refractivity contribution in [2.24, 2.45) is 0 Å². The van der Waals surface area contributed by atoms with Crippen LogP contribution in [0.5, 0.6) is 0 Å². The lowest BCUT2D eigenvalue weighted by atomic mass is 10.1. The zero-order valence-electron chi connectivity index (χ0n) is 16.4. The van der Waals surface area contributed by atoms with E-state index >= 15 is 0 Å². The second-order valence-electron chi connectivity index (χ2n) is 7.71. The molecule has 150 valence electrons. The Bertz CT molecular complexity index is 862. The third-order valence-corrected chi connectivity index (χ3v) is 5.74. The zero-order chi connectivity index (χ0) is 19.5. The lowest BCUT2D eigenvalue weighted by Crippen LogP contribution is -2.49. The number of nitrogens with one attached hydrogen (secondary N) is 2. The Balaban J connectivity index is 1.30. The van der Waals surface area contributed by atoms with Gasteiger partial charge in [0.2, 0.25) is 10.7 Å². The molecule has 2 N–H and O–H groups in total. The van der Waals surface area contributed by atoms with Gasteiger partial charge in [0.25, 0.3) is 0 Å². The predicted molar refractivity (Wildman–Crippen MR) is 111 cm³/mol. The smallest absolute Gasteiger partial charge is 0.234 e. The molecule has 2 heterocycles. The molecule has 1 aliphatic carbocycles. The summed E-state index contributed by atoms with van der Waals surface area (Å²) in [6, 6.07) is 8.86. The van der Waals surface area contributed by atoms with Crippen molar-refractivity contribution in [2.45, 2.75) is 38.9 Å². The van der Waals surface area contributed by atoms with Crippen molar-refractivity contribution in [3.05, 3.63) is 34.6 Å². The topological polar surface area (TPSA) is 69.2 Å². The van der Waals surface area contributed by atoms with E-state index in [0.29, 0.717) is 24.0 Å². The zero-order valence-corrected chi connectivity index (χ0v) is 17.2. The van der Waals surface area contributed by atoms with E-state index < -0.39 is 0 Å². The number of rotatable bonds is 7. The summed E-state index contributed by atoms with van der Waals surface area (Å²) in [5, 5.41) is 6.40. The Morgan fingerprint density at radius 2 is 1.86 bits per heavy atom. The van der Waals surface area contributed by atoms with Gasteiger partial charge in [0.15, 0.2) is 5.82 Å². The van der Waals surface area contributed by atoms with Crippen LogP contribution in [0.25, 0.3) is 11.4 Å². The molecule has 1 aromatic carbocycles. The van der Waals surface area contributed by atoms with E-state index in [9.17, 15) is 4.79 Å². The number of aromatic amines is 1. The summed E-state index contributed by atoms with van der Waals surface area (Å²) >= 11 is 5.45. The summed E-state index contributed by atoms with van der Waals surface area (Å²) < 4.78 is 2.49. The molecule has 8 heteroatoms. The molecule has 7 nitrogen and oxygen atoms in total. The van der Waals surface area contributed by atoms with Crippen molar-refractivity contribution >= 4 is 18.1 Å². The van der Waals surface area contributed by atoms with E-state index in [2.05, 4.69) is 56.4 Å². The van der Waals surface area contributed by atoms with Gasteiger partial charge in [-0.1, -0.05) is 31.2 Å². The van der Waals surface area contributed by atoms with Crippen LogP contribution in [0.3, 0.4) is 0 Å². The van der Waals surface area contributed by atoms with E-state index in [1.54, 1.807) is 0 Å². The van der Waals surface area contributed by atoms with Crippen molar-refractivity contribution < 1.29 is 4.79 Å². The number of nitrogens with zero attached hydrogens (tertiary/aromatic N) is 4. The Hall–Kier alpha value is -2.03. The highest BCUT2D eigenvalue weighted by atomic mass is 32.1. The second kappa shape index (κ2) is 8.55. The fourth-order valence-electron chi connectivity index (χ4n) is 3.47. The first-order chi connectivity index (χ1) is 13.6. The quantitative estimate of drug-likeness (QED) is 0.696. The van der Waals surface area contributed by atoms with Gasteiger partial charge in [-0.2, -0.15) is 4.98 Å². The standard InChI is InChI=1S/C20H28N6OS/c1-2-15-3-5-16(6-4-15)19-22-20(28)26(23-19)14-25-11-9-24(10-12-25)13-18(27)21-17-7-8-17/h3-6,17H,2,7-14H2,1H3,(H,21,27)(H,22,23,28). The number of aryl methyl sites for hydroxylation is 1. The van der Waals surface area contributed by atoms with Gasteiger partial charge in [0.1, 0.15) is 0 Å². The number of H-pyrrole nitrogens is 1. The first-order valence-corrected chi connectivity index (χ1v) is 10.5. The first-order valence-electron chi connectivity index (χ1n) is 10.1. The van der Waals surface area contributed by atoms with Crippen molar-refractivity contribution in [2.75, 3.05) is 32.7 Å². The van der Waals surface area contributed by atoms with Crippen LogP contribution in [-0.2, 0) is 17.9 Å². The maximum Gasteiger partial charge on any atom is 0.234 e. The minimum atomic E-state index is 0.158. The molecule has 2 fully saturated rings. The molecule has 0 radical (unpaired) electrons. The summed E-state index contributed by atoms with van der Waals surface area (Å²) in [5.74, 6) is 0.966. The first kappa shape index (κ1) is 19.3. The summed E-state index contributed by atoms with van der Waals surface area (Å²) in [7, 11) is 0. The van der Waals surface area contributed by atoms with Crippen LogP contribution < -0.4 is 5.32 Å². The maximum absolute atomic E-state index is 12.0.